The van der Waals surface area contributed by atoms with Crippen molar-refractivity contribution in [3.8, 4) is 0 Å². The van der Waals surface area contributed by atoms with Crippen LogP contribution in [0, 0.1) is 0 Å². The van der Waals surface area contributed by atoms with Gasteiger partial charge in [-0.25, -0.2) is 0 Å². The van der Waals surface area contributed by atoms with Crippen LogP contribution in [0.2, 0.25) is 0 Å². The highest BCUT2D eigenvalue weighted by atomic mass is 16.7. The lowest BCUT2D eigenvalue weighted by atomic mass is 9.96. The molecule has 8 heteroatoms. The number of benzene rings is 1. The normalized spacial score (nSPS) is 21.6. The number of hydrogen-bond acceptors (Lipinski definition) is 6. The van der Waals surface area contributed by atoms with E-state index < -0.39 is 5.60 Å². The molecule has 0 aliphatic carbocycles. The number of carbonyl (C=O) groups is 2. The third-order valence-corrected chi connectivity index (χ3v) is 5.47. The smallest absolute Gasteiger partial charge is 0.269 e. The molecule has 1 fully saturated rings. The van der Waals surface area contributed by atoms with E-state index in [0.717, 1.165) is 0 Å². The molecule has 0 radical (unpaired) electrons. The highest BCUT2D eigenvalue weighted by Gasteiger charge is 2.48. The molecule has 3 heterocycles. The van der Waals surface area contributed by atoms with Gasteiger partial charge in [0.05, 0.1) is 24.5 Å². The molecule has 1 spiro atoms. The highest BCUT2D eigenvalue weighted by molar-refractivity contribution is 6.39. The Kier molecular flexibility index (Phi) is 5.24. The number of carbonyl (C=O) groups excluding carboxylic acids is 2. The lowest BCUT2D eigenvalue weighted by Gasteiger charge is -2.21. The van der Waals surface area contributed by atoms with Crippen LogP contribution in [0.1, 0.15) is 41.6 Å². The first-order chi connectivity index (χ1) is 14.1. The van der Waals surface area contributed by atoms with E-state index in [1.165, 1.54) is 18.0 Å². The first-order valence-corrected chi connectivity index (χ1v) is 9.70. The molecule has 2 aromatic rings. The van der Waals surface area contributed by atoms with Crippen molar-refractivity contribution >= 4 is 17.5 Å². The van der Waals surface area contributed by atoms with E-state index in [0.29, 0.717) is 43.8 Å². The molecule has 1 saturated heterocycles. The number of oxime groups is 1. The quantitative estimate of drug-likeness (QED) is 0.835. The van der Waals surface area contributed by atoms with Crippen LogP contribution in [0.25, 0.3) is 0 Å². The number of aromatic nitrogens is 2. The molecule has 2 atom stereocenters. The standard InChI is InChI=1S/C21H23N5O3/c1-15(16-5-3-2-4-6-16)12-22-19(27)18-11-21(29-25-18)8-10-26(14-21)20(28)17-7-9-23-24-13-17/h2-7,9,13,15H,8,10-12,14H2,1H3,(H,22,27)/t15-,21+/m1/s1. The Morgan fingerprint density at radius 3 is 2.83 bits per heavy atom. The average Bonchev–Trinajstić information content (AvgIpc) is 3.39. The Morgan fingerprint density at radius 1 is 1.24 bits per heavy atom. The second kappa shape index (κ2) is 7.98. The molecule has 2 aliphatic rings. The first kappa shape index (κ1) is 19.0. The Bertz CT molecular complexity index is 918. The van der Waals surface area contributed by atoms with E-state index in [4.69, 9.17) is 4.84 Å². The number of nitrogens with one attached hydrogen (secondary N) is 1. The summed E-state index contributed by atoms with van der Waals surface area (Å²) >= 11 is 0. The van der Waals surface area contributed by atoms with E-state index >= 15 is 0 Å². The zero-order valence-corrected chi connectivity index (χ0v) is 16.2. The third-order valence-electron chi connectivity index (χ3n) is 5.47. The molecule has 0 unspecified atom stereocenters. The summed E-state index contributed by atoms with van der Waals surface area (Å²) in [7, 11) is 0. The van der Waals surface area contributed by atoms with E-state index in [-0.39, 0.29) is 17.7 Å². The van der Waals surface area contributed by atoms with Gasteiger partial charge in [-0.3, -0.25) is 9.59 Å². The van der Waals surface area contributed by atoms with Gasteiger partial charge >= 0.3 is 0 Å². The van der Waals surface area contributed by atoms with Crippen molar-refractivity contribution in [2.45, 2.75) is 31.3 Å². The van der Waals surface area contributed by atoms with Crippen LogP contribution < -0.4 is 5.32 Å². The van der Waals surface area contributed by atoms with Gasteiger partial charge in [-0.05, 0) is 17.5 Å². The summed E-state index contributed by atoms with van der Waals surface area (Å²) < 4.78 is 0. The van der Waals surface area contributed by atoms with Crippen LogP contribution in [0.3, 0.4) is 0 Å². The van der Waals surface area contributed by atoms with Crippen molar-refractivity contribution in [2.75, 3.05) is 19.6 Å². The van der Waals surface area contributed by atoms with Gasteiger partial charge in [0.2, 0.25) is 0 Å². The third kappa shape index (κ3) is 4.11. The second-order valence-electron chi connectivity index (χ2n) is 7.62. The van der Waals surface area contributed by atoms with Gasteiger partial charge in [0.15, 0.2) is 5.60 Å². The molecule has 0 bridgehead atoms. The summed E-state index contributed by atoms with van der Waals surface area (Å²) in [4.78, 5) is 32.5. The van der Waals surface area contributed by atoms with Crippen LogP contribution in [-0.4, -0.2) is 57.9 Å². The molecule has 150 valence electrons. The van der Waals surface area contributed by atoms with Crippen molar-refractivity contribution in [2.24, 2.45) is 5.16 Å². The number of amides is 2. The van der Waals surface area contributed by atoms with E-state index in [1.54, 1.807) is 11.0 Å². The second-order valence-corrected chi connectivity index (χ2v) is 7.62. The maximum absolute atomic E-state index is 12.6. The Balaban J connectivity index is 1.30. The fraction of sp³-hybridized carbons (Fsp3) is 0.381. The predicted octanol–water partition coefficient (Wildman–Crippen LogP) is 1.76. The zero-order valence-electron chi connectivity index (χ0n) is 16.2. The average molecular weight is 393 g/mol. The van der Waals surface area contributed by atoms with Crippen LogP contribution in [0.4, 0.5) is 0 Å². The van der Waals surface area contributed by atoms with E-state index in [2.05, 4.69) is 27.6 Å². The molecule has 0 saturated carbocycles. The van der Waals surface area contributed by atoms with Gasteiger partial charge in [0, 0.05) is 25.9 Å². The fourth-order valence-electron chi connectivity index (χ4n) is 3.73. The molecule has 1 aromatic heterocycles. The molecule has 2 amide bonds. The fourth-order valence-corrected chi connectivity index (χ4v) is 3.73. The summed E-state index contributed by atoms with van der Waals surface area (Å²) in [5.74, 6) is -0.131. The van der Waals surface area contributed by atoms with Gasteiger partial charge in [-0.15, -0.1) is 0 Å². The Morgan fingerprint density at radius 2 is 2.07 bits per heavy atom. The molecule has 8 nitrogen and oxygen atoms in total. The van der Waals surface area contributed by atoms with Crippen molar-refractivity contribution < 1.29 is 14.4 Å². The van der Waals surface area contributed by atoms with Gasteiger partial charge in [0.25, 0.3) is 11.8 Å². The van der Waals surface area contributed by atoms with Gasteiger partial charge in [-0.2, -0.15) is 10.2 Å². The van der Waals surface area contributed by atoms with E-state index in [9.17, 15) is 9.59 Å². The first-order valence-electron chi connectivity index (χ1n) is 9.70. The summed E-state index contributed by atoms with van der Waals surface area (Å²) in [5, 5.41) is 14.4. The minimum absolute atomic E-state index is 0.116. The zero-order chi connectivity index (χ0) is 20.3. The molecule has 29 heavy (non-hydrogen) atoms. The lowest BCUT2D eigenvalue weighted by Crippen LogP contribution is -2.39. The largest absolute Gasteiger partial charge is 0.386 e. The maximum atomic E-state index is 12.6. The van der Waals surface area contributed by atoms with Crippen LogP contribution >= 0.6 is 0 Å². The molecule has 4 rings (SSSR count). The number of hydrogen-bond donors (Lipinski definition) is 1. The summed E-state index contributed by atoms with van der Waals surface area (Å²) in [6.07, 6.45) is 3.98. The molecular weight excluding hydrogens is 370 g/mol. The Hall–Kier alpha value is -3.29. The van der Waals surface area contributed by atoms with Crippen LogP contribution in [0.5, 0.6) is 0 Å². The number of rotatable bonds is 5. The Labute approximate surface area is 168 Å². The highest BCUT2D eigenvalue weighted by Crippen LogP contribution is 2.34. The minimum atomic E-state index is -0.617. The van der Waals surface area contributed by atoms with Gasteiger partial charge < -0.3 is 15.1 Å². The summed E-state index contributed by atoms with van der Waals surface area (Å²) in [6, 6.07) is 11.7. The lowest BCUT2D eigenvalue weighted by molar-refractivity contribution is -0.115. The van der Waals surface area contributed by atoms with Crippen LogP contribution in [-0.2, 0) is 9.63 Å². The van der Waals surface area contributed by atoms with Gasteiger partial charge in [0.1, 0.15) is 5.71 Å². The molecular formula is C21H23N5O3. The van der Waals surface area contributed by atoms with E-state index in [1.807, 2.05) is 30.3 Å². The minimum Gasteiger partial charge on any atom is -0.386 e. The summed E-state index contributed by atoms with van der Waals surface area (Å²) in [5.41, 5.74) is 1.42. The van der Waals surface area contributed by atoms with Crippen molar-refractivity contribution in [3.05, 3.63) is 59.9 Å². The van der Waals surface area contributed by atoms with Crippen LogP contribution in [0.15, 0.2) is 53.9 Å². The predicted molar refractivity (Wildman–Crippen MR) is 106 cm³/mol. The number of nitrogens with zero attached hydrogens (tertiary/aromatic N) is 4. The number of likely N-dealkylation sites (tertiary alicyclic amines) is 1. The molecule has 1 N–H and O–H groups in total. The molecule has 1 aromatic carbocycles. The maximum Gasteiger partial charge on any atom is 0.269 e. The van der Waals surface area contributed by atoms with Gasteiger partial charge in [-0.1, -0.05) is 42.4 Å². The summed E-state index contributed by atoms with van der Waals surface area (Å²) in [6.45, 7) is 3.54. The monoisotopic (exact) mass is 393 g/mol. The SMILES string of the molecule is C[C@H](CNC(=O)C1=NO[C@@]2(CCN(C(=O)c3ccnnc3)C2)C1)c1ccccc1. The molecule has 2 aliphatic heterocycles. The topological polar surface area (TPSA) is 96.8 Å². The van der Waals surface area contributed by atoms with Crippen molar-refractivity contribution in [1.82, 2.24) is 20.4 Å². The van der Waals surface area contributed by atoms with Crippen molar-refractivity contribution in [3.63, 3.8) is 0 Å². The van der Waals surface area contributed by atoms with Crippen molar-refractivity contribution in [1.29, 1.82) is 0 Å².